The van der Waals surface area contributed by atoms with Gasteiger partial charge in [-0.1, -0.05) is 36.7 Å². The number of hydrogen-bond donors (Lipinski definition) is 1. The van der Waals surface area contributed by atoms with E-state index in [1.54, 1.807) is 36.4 Å². The van der Waals surface area contributed by atoms with Crippen LogP contribution in [0.5, 0.6) is 5.75 Å². The van der Waals surface area contributed by atoms with Crippen molar-refractivity contribution < 1.29 is 13.2 Å². The van der Waals surface area contributed by atoms with Crippen molar-refractivity contribution in [3.8, 4) is 5.75 Å². The monoisotopic (exact) mass is 325 g/mol. The number of ether oxygens (including phenoxy) is 1. The van der Waals surface area contributed by atoms with Crippen molar-refractivity contribution in [3.63, 3.8) is 0 Å². The van der Waals surface area contributed by atoms with Crippen LogP contribution in [0.2, 0.25) is 5.02 Å². The molecular weight excluding hydrogens is 310 g/mol. The second-order valence-corrected chi connectivity index (χ2v) is 6.53. The third-order valence-corrected chi connectivity index (χ3v) is 4.30. The molecule has 1 N–H and O–H groups in total. The van der Waals surface area contributed by atoms with Crippen molar-refractivity contribution in [1.29, 1.82) is 0 Å². The third kappa shape index (κ3) is 4.12. The number of sulfonamides is 1. The van der Waals surface area contributed by atoms with E-state index in [0.29, 0.717) is 23.1 Å². The van der Waals surface area contributed by atoms with Crippen molar-refractivity contribution >= 4 is 27.3 Å². The average Bonchev–Trinajstić information content (AvgIpc) is 2.46. The standard InChI is InChI=1S/C15H16ClNO3S/c1-2-10-20-15-9-4-3-8-14(15)17-21(18,19)13-7-5-6-12(16)11-13/h3-9,11,17H,2,10H2,1H3. The number of para-hydroxylation sites is 2. The Morgan fingerprint density at radius 2 is 1.90 bits per heavy atom. The first kappa shape index (κ1) is 15.7. The Hall–Kier alpha value is -1.72. The van der Waals surface area contributed by atoms with Crippen LogP contribution >= 0.6 is 11.6 Å². The van der Waals surface area contributed by atoms with Crippen LogP contribution in [0.3, 0.4) is 0 Å². The maximum atomic E-state index is 12.4. The van der Waals surface area contributed by atoms with Gasteiger partial charge in [0.25, 0.3) is 10.0 Å². The zero-order valence-electron chi connectivity index (χ0n) is 11.5. The lowest BCUT2D eigenvalue weighted by Gasteiger charge is -2.13. The van der Waals surface area contributed by atoms with E-state index in [4.69, 9.17) is 16.3 Å². The molecule has 0 saturated heterocycles. The van der Waals surface area contributed by atoms with Gasteiger partial charge in [-0.05, 0) is 36.8 Å². The smallest absolute Gasteiger partial charge is 0.262 e. The molecule has 0 amide bonds. The fourth-order valence-corrected chi connectivity index (χ4v) is 3.10. The van der Waals surface area contributed by atoms with E-state index in [2.05, 4.69) is 4.72 Å². The van der Waals surface area contributed by atoms with E-state index in [9.17, 15) is 8.42 Å². The molecule has 2 aromatic rings. The van der Waals surface area contributed by atoms with Crippen LogP contribution in [-0.4, -0.2) is 15.0 Å². The molecule has 2 aromatic carbocycles. The summed E-state index contributed by atoms with van der Waals surface area (Å²) in [6.07, 6.45) is 0.843. The number of anilines is 1. The molecule has 0 heterocycles. The van der Waals surface area contributed by atoms with Crippen molar-refractivity contribution in [3.05, 3.63) is 53.6 Å². The molecule has 4 nitrogen and oxygen atoms in total. The van der Waals surface area contributed by atoms with Crippen LogP contribution < -0.4 is 9.46 Å². The number of hydrogen-bond acceptors (Lipinski definition) is 3. The lowest BCUT2D eigenvalue weighted by molar-refractivity contribution is 0.319. The fourth-order valence-electron chi connectivity index (χ4n) is 1.73. The van der Waals surface area contributed by atoms with Crippen molar-refractivity contribution in [1.82, 2.24) is 0 Å². The summed E-state index contributed by atoms with van der Waals surface area (Å²) in [5.74, 6) is 0.505. The maximum Gasteiger partial charge on any atom is 0.262 e. The normalized spacial score (nSPS) is 11.1. The van der Waals surface area contributed by atoms with Crippen molar-refractivity contribution in [2.45, 2.75) is 18.2 Å². The summed E-state index contributed by atoms with van der Waals surface area (Å²) >= 11 is 5.84. The Labute approximate surface area is 129 Å². The van der Waals surface area contributed by atoms with Gasteiger partial charge in [-0.25, -0.2) is 8.42 Å². The minimum absolute atomic E-state index is 0.111. The summed E-state index contributed by atoms with van der Waals surface area (Å²) in [4.78, 5) is 0.111. The molecule has 0 aliphatic heterocycles. The molecule has 0 atom stereocenters. The Kier molecular flexibility index (Phi) is 5.09. The van der Waals surface area contributed by atoms with Crippen LogP contribution in [0.25, 0.3) is 0 Å². The van der Waals surface area contributed by atoms with Gasteiger partial charge in [0.1, 0.15) is 5.75 Å². The molecule has 0 saturated carbocycles. The van der Waals surface area contributed by atoms with E-state index in [-0.39, 0.29) is 4.90 Å². The van der Waals surface area contributed by atoms with Gasteiger partial charge in [0, 0.05) is 5.02 Å². The number of rotatable bonds is 6. The predicted octanol–water partition coefficient (Wildman–Crippen LogP) is 3.93. The molecule has 0 aliphatic carbocycles. The van der Waals surface area contributed by atoms with Gasteiger partial charge in [0.05, 0.1) is 17.2 Å². The van der Waals surface area contributed by atoms with Gasteiger partial charge < -0.3 is 4.74 Å². The fraction of sp³-hybridized carbons (Fsp3) is 0.200. The van der Waals surface area contributed by atoms with Gasteiger partial charge in [-0.2, -0.15) is 0 Å². The SMILES string of the molecule is CCCOc1ccccc1NS(=O)(=O)c1cccc(Cl)c1. The second kappa shape index (κ2) is 6.83. The van der Waals surface area contributed by atoms with Crippen LogP contribution in [0.15, 0.2) is 53.4 Å². The highest BCUT2D eigenvalue weighted by Gasteiger charge is 2.16. The number of nitrogens with one attached hydrogen (secondary N) is 1. The summed E-state index contributed by atoms with van der Waals surface area (Å²) in [5.41, 5.74) is 0.408. The zero-order valence-corrected chi connectivity index (χ0v) is 13.1. The molecular formula is C15H16ClNO3S. The van der Waals surface area contributed by atoms with Crippen molar-refractivity contribution in [2.24, 2.45) is 0 Å². The van der Waals surface area contributed by atoms with Crippen LogP contribution in [-0.2, 0) is 10.0 Å². The van der Waals surface area contributed by atoms with E-state index in [0.717, 1.165) is 6.42 Å². The Balaban J connectivity index is 2.29. The lowest BCUT2D eigenvalue weighted by atomic mass is 10.3. The quantitative estimate of drug-likeness (QED) is 0.875. The van der Waals surface area contributed by atoms with E-state index in [1.165, 1.54) is 12.1 Å². The first-order valence-corrected chi connectivity index (χ1v) is 8.39. The van der Waals surface area contributed by atoms with E-state index >= 15 is 0 Å². The topological polar surface area (TPSA) is 55.4 Å². The zero-order chi connectivity index (χ0) is 15.3. The first-order valence-electron chi connectivity index (χ1n) is 6.53. The summed E-state index contributed by atoms with van der Waals surface area (Å²) in [6, 6.07) is 13.0. The summed E-state index contributed by atoms with van der Waals surface area (Å²) in [5, 5.41) is 0.369. The Bertz CT molecular complexity index is 716. The predicted molar refractivity (Wildman–Crippen MR) is 84.5 cm³/mol. The molecule has 0 spiro atoms. The number of benzene rings is 2. The summed E-state index contributed by atoms with van der Waals surface area (Å²) in [7, 11) is -3.70. The Morgan fingerprint density at radius 1 is 1.14 bits per heavy atom. The van der Waals surface area contributed by atoms with Gasteiger partial charge in [-0.15, -0.1) is 0 Å². The summed E-state index contributed by atoms with van der Waals surface area (Å²) < 4.78 is 32.8. The van der Waals surface area contributed by atoms with Gasteiger partial charge in [0.15, 0.2) is 0 Å². The van der Waals surface area contributed by atoms with Crippen molar-refractivity contribution in [2.75, 3.05) is 11.3 Å². The molecule has 2 rings (SSSR count). The largest absolute Gasteiger partial charge is 0.491 e. The van der Waals surface area contributed by atoms with E-state index < -0.39 is 10.0 Å². The van der Waals surface area contributed by atoms with Crippen LogP contribution in [0, 0.1) is 0 Å². The number of halogens is 1. The minimum atomic E-state index is -3.70. The molecule has 0 bridgehead atoms. The lowest BCUT2D eigenvalue weighted by Crippen LogP contribution is -2.14. The Morgan fingerprint density at radius 3 is 2.62 bits per heavy atom. The highest BCUT2D eigenvalue weighted by Crippen LogP contribution is 2.27. The molecule has 0 aromatic heterocycles. The molecule has 0 unspecified atom stereocenters. The molecule has 0 radical (unpaired) electrons. The van der Waals surface area contributed by atoms with Crippen LogP contribution in [0.4, 0.5) is 5.69 Å². The molecule has 0 aliphatic rings. The first-order chi connectivity index (χ1) is 10.0. The minimum Gasteiger partial charge on any atom is -0.491 e. The van der Waals surface area contributed by atoms with E-state index in [1.807, 2.05) is 6.92 Å². The highest BCUT2D eigenvalue weighted by atomic mass is 35.5. The van der Waals surface area contributed by atoms with Gasteiger partial charge >= 0.3 is 0 Å². The van der Waals surface area contributed by atoms with Crippen LogP contribution in [0.1, 0.15) is 13.3 Å². The average molecular weight is 326 g/mol. The maximum absolute atomic E-state index is 12.4. The summed E-state index contributed by atoms with van der Waals surface area (Å²) in [6.45, 7) is 2.51. The third-order valence-electron chi connectivity index (χ3n) is 2.70. The van der Waals surface area contributed by atoms with Gasteiger partial charge in [-0.3, -0.25) is 4.72 Å². The molecule has 112 valence electrons. The second-order valence-electron chi connectivity index (χ2n) is 4.41. The molecule has 21 heavy (non-hydrogen) atoms. The highest BCUT2D eigenvalue weighted by molar-refractivity contribution is 7.92. The molecule has 0 fully saturated rings. The molecule has 6 heteroatoms. The van der Waals surface area contributed by atoms with Gasteiger partial charge in [0.2, 0.25) is 0 Å².